The Morgan fingerprint density at radius 1 is 1.39 bits per heavy atom. The van der Waals surface area contributed by atoms with Crippen molar-refractivity contribution in [3.05, 3.63) is 41.1 Å². The first-order chi connectivity index (χ1) is 11.0. The molecule has 23 heavy (non-hydrogen) atoms. The second-order valence-corrected chi connectivity index (χ2v) is 5.70. The number of anilines is 1. The summed E-state index contributed by atoms with van der Waals surface area (Å²) in [6.45, 7) is 5.67. The largest absolute Gasteiger partial charge is 0.390 e. The number of nitrogens with one attached hydrogen (secondary N) is 2. The van der Waals surface area contributed by atoms with Gasteiger partial charge in [-0.1, -0.05) is 25.1 Å². The summed E-state index contributed by atoms with van der Waals surface area (Å²) in [5.74, 6) is -0.378. The lowest BCUT2D eigenvalue weighted by Crippen LogP contribution is -2.21. The van der Waals surface area contributed by atoms with Crippen LogP contribution < -0.4 is 10.6 Å². The van der Waals surface area contributed by atoms with Crippen LogP contribution >= 0.6 is 0 Å². The van der Waals surface area contributed by atoms with Gasteiger partial charge in [0.15, 0.2) is 0 Å². The fourth-order valence-electron chi connectivity index (χ4n) is 2.20. The van der Waals surface area contributed by atoms with Crippen molar-refractivity contribution in [2.45, 2.75) is 26.7 Å². The van der Waals surface area contributed by atoms with Crippen LogP contribution in [-0.4, -0.2) is 38.0 Å². The molecule has 0 atom stereocenters. The van der Waals surface area contributed by atoms with Crippen LogP contribution in [-0.2, 0) is 11.2 Å². The molecule has 1 amide bonds. The van der Waals surface area contributed by atoms with E-state index in [2.05, 4.69) is 15.5 Å². The van der Waals surface area contributed by atoms with Crippen molar-refractivity contribution in [3.63, 3.8) is 0 Å². The number of benzene rings is 1. The van der Waals surface area contributed by atoms with Crippen LogP contribution in [0.1, 0.15) is 24.5 Å². The zero-order chi connectivity index (χ0) is 17.2. The van der Waals surface area contributed by atoms with Gasteiger partial charge < -0.3 is 15.5 Å². The van der Waals surface area contributed by atoms with Gasteiger partial charge in [-0.25, -0.2) is 0 Å². The normalized spacial score (nSPS) is 11.2. The number of hydrogen-bond acceptors (Lipinski definition) is 4. The van der Waals surface area contributed by atoms with Crippen molar-refractivity contribution in [2.75, 3.05) is 32.5 Å². The molecule has 1 aromatic carbocycles. The first-order valence-electron chi connectivity index (χ1n) is 7.87. The molecule has 0 aromatic heterocycles. The Balaban J connectivity index is 2.69. The molecule has 0 spiro atoms. The number of aryl methyl sites for hydroxylation is 2. The number of para-hydroxylation sites is 1. The third-order valence-corrected chi connectivity index (χ3v) is 3.52. The summed E-state index contributed by atoms with van der Waals surface area (Å²) < 4.78 is 0. The highest BCUT2D eigenvalue weighted by atomic mass is 16.1. The minimum Gasteiger partial charge on any atom is -0.390 e. The molecule has 1 aromatic rings. The fraction of sp³-hybridized carbons (Fsp3) is 0.444. The van der Waals surface area contributed by atoms with E-state index in [0.29, 0.717) is 0 Å². The molecule has 0 saturated carbocycles. The van der Waals surface area contributed by atoms with Gasteiger partial charge in [0.05, 0.1) is 0 Å². The number of nitriles is 1. The molecular weight excluding hydrogens is 288 g/mol. The van der Waals surface area contributed by atoms with Gasteiger partial charge in [-0.3, -0.25) is 4.79 Å². The van der Waals surface area contributed by atoms with Crippen LogP contribution in [0.15, 0.2) is 30.0 Å². The lowest BCUT2D eigenvalue weighted by atomic mass is 10.1. The molecule has 0 aliphatic heterocycles. The number of nitrogens with zero attached hydrogens (tertiary/aromatic N) is 2. The second kappa shape index (κ2) is 9.65. The maximum atomic E-state index is 12.3. The highest BCUT2D eigenvalue weighted by Crippen LogP contribution is 2.21. The van der Waals surface area contributed by atoms with Gasteiger partial charge in [-0.05, 0) is 51.5 Å². The maximum absolute atomic E-state index is 12.3. The van der Waals surface area contributed by atoms with Gasteiger partial charge >= 0.3 is 0 Å². The molecule has 0 fully saturated rings. The molecule has 0 aliphatic rings. The van der Waals surface area contributed by atoms with E-state index in [1.807, 2.05) is 52.2 Å². The molecule has 1 rings (SSSR count). The van der Waals surface area contributed by atoms with Gasteiger partial charge in [-0.2, -0.15) is 5.26 Å². The van der Waals surface area contributed by atoms with Gasteiger partial charge in [0, 0.05) is 18.4 Å². The van der Waals surface area contributed by atoms with Crippen LogP contribution in [0.4, 0.5) is 5.69 Å². The summed E-state index contributed by atoms with van der Waals surface area (Å²) in [5, 5.41) is 15.1. The van der Waals surface area contributed by atoms with Crippen LogP contribution in [0, 0.1) is 18.3 Å². The number of rotatable bonds is 8. The van der Waals surface area contributed by atoms with Crippen LogP contribution in [0.25, 0.3) is 0 Å². The first-order valence-corrected chi connectivity index (χ1v) is 7.87. The number of carbonyl (C=O) groups excluding carboxylic acids is 1. The quantitative estimate of drug-likeness (QED) is 0.439. The summed E-state index contributed by atoms with van der Waals surface area (Å²) in [6.07, 6.45) is 3.27. The van der Waals surface area contributed by atoms with E-state index in [0.717, 1.165) is 42.7 Å². The van der Waals surface area contributed by atoms with Gasteiger partial charge in [0.25, 0.3) is 5.91 Å². The highest BCUT2D eigenvalue weighted by molar-refractivity contribution is 6.07. The monoisotopic (exact) mass is 314 g/mol. The summed E-state index contributed by atoms with van der Waals surface area (Å²) in [5.41, 5.74) is 2.94. The Labute approximate surface area is 139 Å². The minimum absolute atomic E-state index is 0.0835. The number of hydrogen-bond donors (Lipinski definition) is 2. The molecule has 124 valence electrons. The average molecular weight is 314 g/mol. The van der Waals surface area contributed by atoms with E-state index in [1.54, 1.807) is 0 Å². The van der Waals surface area contributed by atoms with E-state index in [1.165, 1.54) is 6.20 Å². The zero-order valence-corrected chi connectivity index (χ0v) is 14.4. The maximum Gasteiger partial charge on any atom is 0.267 e. The van der Waals surface area contributed by atoms with Crippen molar-refractivity contribution in [1.82, 2.24) is 10.2 Å². The topological polar surface area (TPSA) is 68.2 Å². The van der Waals surface area contributed by atoms with Crippen molar-refractivity contribution in [2.24, 2.45) is 0 Å². The Hall–Kier alpha value is -2.32. The molecule has 0 saturated heterocycles. The molecular formula is C18H26N4O. The third kappa shape index (κ3) is 6.13. The summed E-state index contributed by atoms with van der Waals surface area (Å²) in [6, 6.07) is 7.86. The van der Waals surface area contributed by atoms with E-state index in [4.69, 9.17) is 0 Å². The van der Waals surface area contributed by atoms with Crippen molar-refractivity contribution < 1.29 is 4.79 Å². The van der Waals surface area contributed by atoms with E-state index >= 15 is 0 Å². The molecule has 0 aliphatic carbocycles. The number of amides is 1. The highest BCUT2D eigenvalue weighted by Gasteiger charge is 2.12. The molecule has 5 nitrogen and oxygen atoms in total. The molecule has 0 unspecified atom stereocenters. The van der Waals surface area contributed by atoms with Crippen molar-refractivity contribution in [1.29, 1.82) is 5.26 Å². The molecule has 0 heterocycles. The van der Waals surface area contributed by atoms with Gasteiger partial charge in [0.1, 0.15) is 11.6 Å². The van der Waals surface area contributed by atoms with Crippen LogP contribution in [0.3, 0.4) is 0 Å². The number of carbonyl (C=O) groups is 1. The van der Waals surface area contributed by atoms with Crippen LogP contribution in [0.5, 0.6) is 0 Å². The van der Waals surface area contributed by atoms with Crippen LogP contribution in [0.2, 0.25) is 0 Å². The SMILES string of the molecule is CCc1cccc(C)c1NC(=O)/C(C#N)=C\NCCCN(C)C. The summed E-state index contributed by atoms with van der Waals surface area (Å²) in [7, 11) is 4.02. The Kier molecular flexibility index (Phi) is 7.86. The van der Waals surface area contributed by atoms with Gasteiger partial charge in [0.2, 0.25) is 0 Å². The molecule has 0 bridgehead atoms. The first kappa shape index (κ1) is 18.7. The third-order valence-electron chi connectivity index (χ3n) is 3.52. The lowest BCUT2D eigenvalue weighted by molar-refractivity contribution is -0.112. The predicted octanol–water partition coefficient (Wildman–Crippen LogP) is 2.44. The smallest absolute Gasteiger partial charge is 0.267 e. The average Bonchev–Trinajstić information content (AvgIpc) is 2.52. The fourth-order valence-corrected chi connectivity index (χ4v) is 2.20. The predicted molar refractivity (Wildman–Crippen MR) is 94.1 cm³/mol. The lowest BCUT2D eigenvalue weighted by Gasteiger charge is -2.12. The second-order valence-electron chi connectivity index (χ2n) is 5.70. The van der Waals surface area contributed by atoms with Crippen molar-refractivity contribution in [3.8, 4) is 6.07 Å². The Bertz CT molecular complexity index is 600. The van der Waals surface area contributed by atoms with Crippen molar-refractivity contribution >= 4 is 11.6 Å². The molecule has 2 N–H and O–H groups in total. The molecule has 5 heteroatoms. The minimum atomic E-state index is -0.378. The standard InChI is InChI=1S/C18H26N4O/c1-5-15-9-6-8-14(2)17(15)21-18(23)16(12-19)13-20-10-7-11-22(3)4/h6,8-9,13,20H,5,7,10-11H2,1-4H3,(H,21,23)/b16-13-. The van der Waals surface area contributed by atoms with E-state index in [9.17, 15) is 10.1 Å². The van der Waals surface area contributed by atoms with E-state index < -0.39 is 0 Å². The van der Waals surface area contributed by atoms with Gasteiger partial charge in [-0.15, -0.1) is 0 Å². The summed E-state index contributed by atoms with van der Waals surface area (Å²) in [4.78, 5) is 14.4. The summed E-state index contributed by atoms with van der Waals surface area (Å²) >= 11 is 0. The van der Waals surface area contributed by atoms with E-state index in [-0.39, 0.29) is 11.5 Å². The Morgan fingerprint density at radius 2 is 2.13 bits per heavy atom. The Morgan fingerprint density at radius 3 is 2.74 bits per heavy atom. The molecule has 0 radical (unpaired) electrons. The zero-order valence-electron chi connectivity index (χ0n) is 14.4.